The summed E-state index contributed by atoms with van der Waals surface area (Å²) in [5, 5.41) is 39.2. The average molecular weight is 236 g/mol. The molecule has 1 rings (SSSR count). The van der Waals surface area contributed by atoms with Gasteiger partial charge in [0.1, 0.15) is 24.5 Å². The number of nitrogens with two attached hydrogens (primary N) is 1. The molecule has 1 fully saturated rings. The van der Waals surface area contributed by atoms with Crippen molar-refractivity contribution in [3.8, 4) is 0 Å². The van der Waals surface area contributed by atoms with Crippen LogP contribution in [0.1, 0.15) is 6.92 Å². The molecule has 0 spiro atoms. The lowest BCUT2D eigenvalue weighted by molar-refractivity contribution is -0.249. The number of carbonyl (C=O) groups excluding carboxylic acids is 1. The molecule has 0 aromatic carbocycles. The van der Waals surface area contributed by atoms with Gasteiger partial charge in [0.15, 0.2) is 6.29 Å². The van der Waals surface area contributed by atoms with Crippen LogP contribution in [-0.4, -0.2) is 63.2 Å². The minimum absolute atomic E-state index is 0.446. The molecule has 16 heavy (non-hydrogen) atoms. The predicted molar refractivity (Wildman–Crippen MR) is 50.7 cm³/mol. The van der Waals surface area contributed by atoms with Gasteiger partial charge in [0, 0.05) is 6.92 Å². The summed E-state index contributed by atoms with van der Waals surface area (Å²) in [6.45, 7) is 1.22. The molecule has 5 atom stereocenters. The van der Waals surface area contributed by atoms with E-state index in [0.29, 0.717) is 0 Å². The second-order valence-electron chi connectivity index (χ2n) is 3.69. The molecule has 0 unspecified atom stereocenters. The second-order valence-corrected chi connectivity index (χ2v) is 3.69. The van der Waals surface area contributed by atoms with E-state index < -0.39 is 42.8 Å². The number of amides is 1. The molecule has 0 aromatic heterocycles. The van der Waals surface area contributed by atoms with E-state index in [4.69, 9.17) is 20.7 Å². The monoisotopic (exact) mass is 236 g/mol. The van der Waals surface area contributed by atoms with Crippen LogP contribution in [0.15, 0.2) is 0 Å². The van der Waals surface area contributed by atoms with Crippen molar-refractivity contribution >= 4 is 5.91 Å². The molecule has 1 saturated heterocycles. The number of rotatable bonds is 2. The minimum atomic E-state index is -1.96. The van der Waals surface area contributed by atoms with E-state index in [2.05, 4.69) is 5.32 Å². The molecule has 0 bridgehead atoms. The molecule has 94 valence electrons. The van der Waals surface area contributed by atoms with Crippen LogP contribution in [0.5, 0.6) is 0 Å². The van der Waals surface area contributed by atoms with Gasteiger partial charge in [0.25, 0.3) is 0 Å². The van der Waals surface area contributed by atoms with Gasteiger partial charge in [-0.15, -0.1) is 0 Å². The fourth-order valence-electron chi connectivity index (χ4n) is 1.60. The highest BCUT2D eigenvalue weighted by Gasteiger charge is 2.45. The Hall–Kier alpha value is -0.770. The normalized spacial score (nSPS) is 39.8. The van der Waals surface area contributed by atoms with Crippen molar-refractivity contribution in [3.05, 3.63) is 0 Å². The van der Waals surface area contributed by atoms with Crippen LogP contribution in [-0.2, 0) is 9.53 Å². The Kier molecular flexibility index (Phi) is 4.19. The molecule has 0 aromatic rings. The standard InChI is InChI=1S/C8H16N2O6/c1-2(11)10-3-4(12)5(13)6(8(14)15)16-7(3)9/h3-8,12-15H,9H2,1H3,(H,10,11)/t3-,4-,5+,6+,7-/m1/s1. The van der Waals surface area contributed by atoms with E-state index >= 15 is 0 Å². The molecule has 1 aliphatic heterocycles. The quantitative estimate of drug-likeness (QED) is 0.270. The minimum Gasteiger partial charge on any atom is -0.388 e. The zero-order valence-corrected chi connectivity index (χ0v) is 8.65. The zero-order chi connectivity index (χ0) is 12.5. The van der Waals surface area contributed by atoms with Crippen molar-refractivity contribution in [2.75, 3.05) is 0 Å². The van der Waals surface area contributed by atoms with E-state index in [-0.39, 0.29) is 0 Å². The highest BCUT2D eigenvalue weighted by atomic mass is 16.6. The lowest BCUT2D eigenvalue weighted by Gasteiger charge is -2.41. The van der Waals surface area contributed by atoms with Crippen LogP contribution in [0.4, 0.5) is 0 Å². The molecule has 1 amide bonds. The smallest absolute Gasteiger partial charge is 0.217 e. The average Bonchev–Trinajstić information content (AvgIpc) is 2.17. The van der Waals surface area contributed by atoms with Gasteiger partial charge in [-0.2, -0.15) is 0 Å². The maximum absolute atomic E-state index is 10.8. The third-order valence-electron chi connectivity index (χ3n) is 2.39. The lowest BCUT2D eigenvalue weighted by Crippen LogP contribution is -2.67. The number of aliphatic hydroxyl groups is 4. The van der Waals surface area contributed by atoms with Crippen molar-refractivity contribution in [1.82, 2.24) is 5.32 Å². The zero-order valence-electron chi connectivity index (χ0n) is 8.65. The Balaban J connectivity index is 2.75. The Labute approximate surface area is 91.6 Å². The molecule has 1 aliphatic rings. The SMILES string of the molecule is CC(=O)N[C@@H]1[C@@H](O)[C@H](O)[C@@H](C(O)O)O[C@H]1N. The Morgan fingerprint density at radius 2 is 1.94 bits per heavy atom. The number of carbonyl (C=O) groups is 1. The maximum Gasteiger partial charge on any atom is 0.217 e. The number of hydrogen-bond acceptors (Lipinski definition) is 7. The fourth-order valence-corrected chi connectivity index (χ4v) is 1.60. The first-order valence-corrected chi connectivity index (χ1v) is 4.75. The van der Waals surface area contributed by atoms with E-state index in [1.807, 2.05) is 0 Å². The van der Waals surface area contributed by atoms with Gasteiger partial charge in [-0.1, -0.05) is 0 Å². The molecular formula is C8H16N2O6. The van der Waals surface area contributed by atoms with Crippen LogP contribution >= 0.6 is 0 Å². The molecule has 8 heteroatoms. The van der Waals surface area contributed by atoms with E-state index in [9.17, 15) is 15.0 Å². The van der Waals surface area contributed by atoms with Crippen molar-refractivity contribution in [2.45, 2.75) is 43.8 Å². The van der Waals surface area contributed by atoms with Crippen molar-refractivity contribution < 1.29 is 30.0 Å². The summed E-state index contributed by atoms with van der Waals surface area (Å²) in [5.41, 5.74) is 5.48. The van der Waals surface area contributed by atoms with Gasteiger partial charge < -0.3 is 36.2 Å². The van der Waals surface area contributed by atoms with E-state index in [1.165, 1.54) is 6.92 Å². The predicted octanol–water partition coefficient (Wildman–Crippen LogP) is -3.79. The van der Waals surface area contributed by atoms with Crippen LogP contribution in [0.2, 0.25) is 0 Å². The molecule has 1 heterocycles. The van der Waals surface area contributed by atoms with Gasteiger partial charge in [0.05, 0.1) is 6.04 Å². The van der Waals surface area contributed by atoms with Crippen LogP contribution in [0, 0.1) is 0 Å². The highest BCUT2D eigenvalue weighted by Crippen LogP contribution is 2.20. The molecular weight excluding hydrogens is 220 g/mol. The number of aliphatic hydroxyl groups excluding tert-OH is 3. The van der Waals surface area contributed by atoms with Gasteiger partial charge in [-0.3, -0.25) is 4.79 Å². The Morgan fingerprint density at radius 1 is 1.38 bits per heavy atom. The van der Waals surface area contributed by atoms with E-state index in [0.717, 1.165) is 0 Å². The number of nitrogens with one attached hydrogen (secondary N) is 1. The van der Waals surface area contributed by atoms with Gasteiger partial charge in [-0.05, 0) is 0 Å². The third kappa shape index (κ3) is 2.67. The van der Waals surface area contributed by atoms with Gasteiger partial charge >= 0.3 is 0 Å². The van der Waals surface area contributed by atoms with Crippen LogP contribution < -0.4 is 11.1 Å². The topological polar surface area (TPSA) is 145 Å². The summed E-state index contributed by atoms with van der Waals surface area (Å²) < 4.78 is 4.90. The third-order valence-corrected chi connectivity index (χ3v) is 2.39. The first-order valence-electron chi connectivity index (χ1n) is 4.75. The summed E-state index contributed by atoms with van der Waals surface area (Å²) in [7, 11) is 0. The maximum atomic E-state index is 10.8. The second kappa shape index (κ2) is 5.04. The number of ether oxygens (including phenoxy) is 1. The summed E-state index contributed by atoms with van der Waals surface area (Å²) in [6.07, 6.45) is -7.48. The van der Waals surface area contributed by atoms with Crippen LogP contribution in [0.25, 0.3) is 0 Å². The molecule has 0 saturated carbocycles. The summed E-state index contributed by atoms with van der Waals surface area (Å²) in [6, 6.07) is -0.998. The molecule has 0 radical (unpaired) electrons. The van der Waals surface area contributed by atoms with Crippen molar-refractivity contribution in [2.24, 2.45) is 5.73 Å². The van der Waals surface area contributed by atoms with Gasteiger partial charge in [-0.25, -0.2) is 0 Å². The van der Waals surface area contributed by atoms with Crippen molar-refractivity contribution in [3.63, 3.8) is 0 Å². The summed E-state index contributed by atoms with van der Waals surface area (Å²) in [4.78, 5) is 10.8. The van der Waals surface area contributed by atoms with Gasteiger partial charge in [0.2, 0.25) is 5.91 Å². The summed E-state index contributed by atoms with van der Waals surface area (Å²) >= 11 is 0. The fraction of sp³-hybridized carbons (Fsp3) is 0.875. The number of hydrogen-bond donors (Lipinski definition) is 6. The Morgan fingerprint density at radius 3 is 2.38 bits per heavy atom. The largest absolute Gasteiger partial charge is 0.388 e. The van der Waals surface area contributed by atoms with Crippen LogP contribution in [0.3, 0.4) is 0 Å². The highest BCUT2D eigenvalue weighted by molar-refractivity contribution is 5.73. The van der Waals surface area contributed by atoms with E-state index in [1.54, 1.807) is 0 Å². The lowest BCUT2D eigenvalue weighted by atomic mass is 9.95. The molecule has 8 nitrogen and oxygen atoms in total. The molecule has 7 N–H and O–H groups in total. The Bertz CT molecular complexity index is 261. The first-order chi connectivity index (χ1) is 7.34. The van der Waals surface area contributed by atoms with Crippen molar-refractivity contribution in [1.29, 1.82) is 0 Å². The molecule has 0 aliphatic carbocycles. The summed E-state index contributed by atoms with van der Waals surface area (Å²) in [5.74, 6) is -0.446. The first kappa shape index (κ1) is 13.3.